The molecule has 0 fully saturated rings. The van der Waals surface area contributed by atoms with E-state index in [1.54, 1.807) is 6.20 Å². The van der Waals surface area contributed by atoms with E-state index in [1.807, 2.05) is 42.5 Å². The fourth-order valence-electron chi connectivity index (χ4n) is 2.46. The SMILES string of the molecule is NCc1ccnc(N(Cc2ccccc2)Cc2ccccc2)n1. The minimum absolute atomic E-state index is 0.417. The molecule has 3 rings (SSSR count). The first-order valence-corrected chi connectivity index (χ1v) is 7.70. The Bertz CT molecular complexity index is 687. The fraction of sp³-hybridized carbons (Fsp3) is 0.158. The molecule has 2 aromatic carbocycles. The van der Waals surface area contributed by atoms with E-state index in [4.69, 9.17) is 5.73 Å². The summed E-state index contributed by atoms with van der Waals surface area (Å²) in [6, 6.07) is 22.6. The first-order chi connectivity index (χ1) is 11.3. The second-order valence-corrected chi connectivity index (χ2v) is 5.38. The Morgan fingerprint density at radius 3 is 1.87 bits per heavy atom. The zero-order valence-corrected chi connectivity index (χ0v) is 13.0. The second-order valence-electron chi connectivity index (χ2n) is 5.38. The summed E-state index contributed by atoms with van der Waals surface area (Å²) in [5, 5.41) is 0. The lowest BCUT2D eigenvalue weighted by Gasteiger charge is -2.23. The maximum Gasteiger partial charge on any atom is 0.226 e. The highest BCUT2D eigenvalue weighted by Crippen LogP contribution is 2.16. The Kier molecular flexibility index (Phi) is 4.96. The molecule has 23 heavy (non-hydrogen) atoms. The molecule has 2 N–H and O–H groups in total. The topological polar surface area (TPSA) is 55.0 Å². The van der Waals surface area contributed by atoms with Crippen molar-refractivity contribution in [2.45, 2.75) is 19.6 Å². The molecule has 0 unspecified atom stereocenters. The third-order valence-electron chi connectivity index (χ3n) is 3.63. The number of nitrogens with zero attached hydrogens (tertiary/aromatic N) is 3. The largest absolute Gasteiger partial charge is 0.332 e. The van der Waals surface area contributed by atoms with Gasteiger partial charge in [0, 0.05) is 25.8 Å². The molecule has 0 atom stereocenters. The van der Waals surface area contributed by atoms with Crippen LogP contribution in [0.3, 0.4) is 0 Å². The Morgan fingerprint density at radius 1 is 0.783 bits per heavy atom. The number of nitrogens with two attached hydrogens (primary N) is 1. The van der Waals surface area contributed by atoms with Gasteiger partial charge in [-0.15, -0.1) is 0 Å². The minimum atomic E-state index is 0.417. The summed E-state index contributed by atoms with van der Waals surface area (Å²) in [6.45, 7) is 1.92. The molecule has 0 saturated carbocycles. The number of hydrogen-bond donors (Lipinski definition) is 1. The smallest absolute Gasteiger partial charge is 0.226 e. The predicted molar refractivity (Wildman–Crippen MR) is 92.7 cm³/mol. The summed E-state index contributed by atoms with van der Waals surface area (Å²) in [5.41, 5.74) is 9.02. The summed E-state index contributed by atoms with van der Waals surface area (Å²) >= 11 is 0. The maximum atomic E-state index is 5.72. The second kappa shape index (κ2) is 7.51. The van der Waals surface area contributed by atoms with Crippen molar-refractivity contribution in [2.24, 2.45) is 5.73 Å². The monoisotopic (exact) mass is 304 g/mol. The van der Waals surface area contributed by atoms with Gasteiger partial charge in [0.05, 0.1) is 5.69 Å². The van der Waals surface area contributed by atoms with Gasteiger partial charge < -0.3 is 10.6 Å². The van der Waals surface area contributed by atoms with E-state index in [0.29, 0.717) is 12.5 Å². The van der Waals surface area contributed by atoms with Gasteiger partial charge in [-0.3, -0.25) is 0 Å². The highest BCUT2D eigenvalue weighted by molar-refractivity contribution is 5.35. The van der Waals surface area contributed by atoms with Crippen LogP contribution < -0.4 is 10.6 Å². The average molecular weight is 304 g/mol. The Morgan fingerprint density at radius 2 is 1.35 bits per heavy atom. The van der Waals surface area contributed by atoms with Crippen LogP contribution in [0.1, 0.15) is 16.8 Å². The standard InChI is InChI=1S/C19H20N4/c20-13-18-11-12-21-19(22-18)23(14-16-7-3-1-4-8-16)15-17-9-5-2-6-10-17/h1-12H,13-15,20H2. The normalized spacial score (nSPS) is 10.5. The number of benzene rings is 2. The molecule has 0 radical (unpaired) electrons. The van der Waals surface area contributed by atoms with E-state index in [-0.39, 0.29) is 0 Å². The molecular weight excluding hydrogens is 284 g/mol. The molecule has 1 heterocycles. The van der Waals surface area contributed by atoms with Crippen molar-refractivity contribution in [3.05, 3.63) is 89.7 Å². The Balaban J connectivity index is 1.88. The van der Waals surface area contributed by atoms with Crippen molar-refractivity contribution in [2.75, 3.05) is 4.90 Å². The quantitative estimate of drug-likeness (QED) is 0.760. The van der Waals surface area contributed by atoms with Crippen LogP contribution in [0, 0.1) is 0 Å². The van der Waals surface area contributed by atoms with Crippen LogP contribution in [-0.4, -0.2) is 9.97 Å². The van der Waals surface area contributed by atoms with E-state index >= 15 is 0 Å². The molecule has 0 aliphatic carbocycles. The summed E-state index contributed by atoms with van der Waals surface area (Å²) in [4.78, 5) is 11.2. The van der Waals surface area contributed by atoms with E-state index < -0.39 is 0 Å². The van der Waals surface area contributed by atoms with Gasteiger partial charge in [-0.25, -0.2) is 9.97 Å². The van der Waals surface area contributed by atoms with Crippen LogP contribution in [0.15, 0.2) is 72.9 Å². The first kappa shape index (κ1) is 15.2. The first-order valence-electron chi connectivity index (χ1n) is 7.70. The van der Waals surface area contributed by atoms with Crippen molar-refractivity contribution in [3.63, 3.8) is 0 Å². The molecule has 1 aromatic heterocycles. The summed E-state index contributed by atoms with van der Waals surface area (Å²) < 4.78 is 0. The van der Waals surface area contributed by atoms with E-state index in [9.17, 15) is 0 Å². The molecule has 0 aliphatic heterocycles. The molecule has 0 spiro atoms. The Labute approximate surface area is 136 Å². The molecular formula is C19H20N4. The van der Waals surface area contributed by atoms with Crippen LogP contribution in [0.4, 0.5) is 5.95 Å². The van der Waals surface area contributed by atoms with Gasteiger partial charge in [0.1, 0.15) is 0 Å². The molecule has 116 valence electrons. The lowest BCUT2D eigenvalue weighted by molar-refractivity contribution is 0.755. The lowest BCUT2D eigenvalue weighted by atomic mass is 10.2. The van der Waals surface area contributed by atoms with Gasteiger partial charge in [-0.1, -0.05) is 60.7 Å². The van der Waals surface area contributed by atoms with Crippen LogP contribution in [0.5, 0.6) is 0 Å². The number of hydrogen-bond acceptors (Lipinski definition) is 4. The van der Waals surface area contributed by atoms with Crippen molar-refractivity contribution in [1.29, 1.82) is 0 Å². The van der Waals surface area contributed by atoms with Crippen molar-refractivity contribution in [3.8, 4) is 0 Å². The predicted octanol–water partition coefficient (Wildman–Crippen LogP) is 3.14. The third-order valence-corrected chi connectivity index (χ3v) is 3.63. The van der Waals surface area contributed by atoms with E-state index in [2.05, 4.69) is 39.1 Å². The lowest BCUT2D eigenvalue weighted by Crippen LogP contribution is -2.24. The van der Waals surface area contributed by atoms with Crippen molar-refractivity contribution >= 4 is 5.95 Å². The van der Waals surface area contributed by atoms with Crippen LogP contribution >= 0.6 is 0 Å². The average Bonchev–Trinajstić information content (AvgIpc) is 2.63. The van der Waals surface area contributed by atoms with Crippen LogP contribution in [-0.2, 0) is 19.6 Å². The molecule has 0 bridgehead atoms. The van der Waals surface area contributed by atoms with Gasteiger partial charge in [-0.2, -0.15) is 0 Å². The number of aromatic nitrogens is 2. The van der Waals surface area contributed by atoms with E-state index in [1.165, 1.54) is 11.1 Å². The van der Waals surface area contributed by atoms with Gasteiger partial charge in [0.2, 0.25) is 5.95 Å². The highest BCUT2D eigenvalue weighted by atomic mass is 15.2. The molecule has 0 saturated heterocycles. The number of rotatable bonds is 6. The zero-order chi connectivity index (χ0) is 15.9. The minimum Gasteiger partial charge on any atom is -0.332 e. The van der Waals surface area contributed by atoms with Gasteiger partial charge in [0.25, 0.3) is 0 Å². The van der Waals surface area contributed by atoms with E-state index in [0.717, 1.165) is 18.8 Å². The van der Waals surface area contributed by atoms with Crippen LogP contribution in [0.25, 0.3) is 0 Å². The molecule has 4 nitrogen and oxygen atoms in total. The summed E-state index contributed by atoms with van der Waals surface area (Å²) in [6.07, 6.45) is 1.77. The zero-order valence-electron chi connectivity index (χ0n) is 13.0. The summed E-state index contributed by atoms with van der Waals surface area (Å²) in [7, 11) is 0. The fourth-order valence-corrected chi connectivity index (χ4v) is 2.46. The van der Waals surface area contributed by atoms with Gasteiger partial charge >= 0.3 is 0 Å². The Hall–Kier alpha value is -2.72. The molecule has 0 aliphatic rings. The number of anilines is 1. The maximum absolute atomic E-state index is 5.72. The van der Waals surface area contributed by atoms with Crippen molar-refractivity contribution < 1.29 is 0 Å². The van der Waals surface area contributed by atoms with Crippen molar-refractivity contribution in [1.82, 2.24) is 9.97 Å². The third kappa shape index (κ3) is 4.14. The van der Waals surface area contributed by atoms with Crippen LogP contribution in [0.2, 0.25) is 0 Å². The molecule has 0 amide bonds. The van der Waals surface area contributed by atoms with Gasteiger partial charge in [0.15, 0.2) is 0 Å². The molecule has 3 aromatic rings. The molecule has 4 heteroatoms. The summed E-state index contributed by atoms with van der Waals surface area (Å²) in [5.74, 6) is 0.709. The highest BCUT2D eigenvalue weighted by Gasteiger charge is 2.11. The van der Waals surface area contributed by atoms with Gasteiger partial charge in [-0.05, 0) is 17.2 Å².